The van der Waals surface area contributed by atoms with E-state index in [1.165, 1.54) is 11.3 Å². The van der Waals surface area contributed by atoms with E-state index in [9.17, 15) is 4.79 Å². The van der Waals surface area contributed by atoms with E-state index in [0.717, 1.165) is 58.3 Å². The second-order valence-electron chi connectivity index (χ2n) is 9.01. The molecule has 9 heteroatoms. The summed E-state index contributed by atoms with van der Waals surface area (Å²) in [5.41, 5.74) is 1.92. The van der Waals surface area contributed by atoms with Gasteiger partial charge in [-0.1, -0.05) is 12.1 Å². The number of halogens is 1. The molecule has 0 radical (unpaired) electrons. The monoisotopic (exact) mass is 559 g/mol. The second kappa shape index (κ2) is 12.5. The lowest BCUT2D eigenvalue weighted by Gasteiger charge is -2.28. The lowest BCUT2D eigenvalue weighted by atomic mass is 10.2. The van der Waals surface area contributed by atoms with Gasteiger partial charge in [0.2, 0.25) is 0 Å². The van der Waals surface area contributed by atoms with Gasteiger partial charge in [0, 0.05) is 38.4 Å². The Bertz CT molecular complexity index is 745. The molecule has 1 aromatic rings. The first-order valence-corrected chi connectivity index (χ1v) is 11.3. The minimum Gasteiger partial charge on any atom is -0.444 e. The van der Waals surface area contributed by atoms with Crippen molar-refractivity contribution in [1.29, 1.82) is 0 Å². The fraction of sp³-hybridized carbons (Fsp3) is 0.652. The predicted octanol–water partition coefficient (Wildman–Crippen LogP) is 3.21. The van der Waals surface area contributed by atoms with Crippen molar-refractivity contribution < 1.29 is 14.3 Å². The molecule has 2 aliphatic rings. The Kier molecular flexibility index (Phi) is 10.3. The fourth-order valence-corrected chi connectivity index (χ4v) is 3.77. The van der Waals surface area contributed by atoms with Crippen LogP contribution in [0.1, 0.15) is 39.7 Å². The van der Waals surface area contributed by atoms with Crippen LogP contribution in [0.5, 0.6) is 0 Å². The Morgan fingerprint density at radius 1 is 1.19 bits per heavy atom. The fourth-order valence-electron chi connectivity index (χ4n) is 3.77. The highest BCUT2D eigenvalue weighted by Gasteiger charge is 2.27. The van der Waals surface area contributed by atoms with E-state index in [4.69, 9.17) is 14.5 Å². The summed E-state index contributed by atoms with van der Waals surface area (Å²) in [4.78, 5) is 21.4. The number of aliphatic imine (C=N–C) groups is 1. The van der Waals surface area contributed by atoms with Gasteiger partial charge in [-0.3, -0.25) is 0 Å². The van der Waals surface area contributed by atoms with E-state index in [1.54, 1.807) is 0 Å². The third-order valence-electron chi connectivity index (χ3n) is 5.27. The number of nitrogens with zero attached hydrogens (tertiary/aromatic N) is 3. The number of rotatable bonds is 5. The predicted molar refractivity (Wildman–Crippen MR) is 139 cm³/mol. The Labute approximate surface area is 209 Å². The van der Waals surface area contributed by atoms with Gasteiger partial charge in [-0.05, 0) is 51.8 Å². The molecule has 2 N–H and O–H groups in total. The average Bonchev–Trinajstić information content (AvgIpc) is 3.19. The normalized spacial score (nSPS) is 19.4. The summed E-state index contributed by atoms with van der Waals surface area (Å²) in [7, 11) is 0. The van der Waals surface area contributed by atoms with E-state index in [1.807, 2.05) is 20.8 Å². The van der Waals surface area contributed by atoms with Crippen LogP contribution in [0.4, 0.5) is 10.5 Å². The van der Waals surface area contributed by atoms with Crippen molar-refractivity contribution in [3.63, 3.8) is 0 Å². The summed E-state index contributed by atoms with van der Waals surface area (Å²) in [6, 6.07) is 8.69. The van der Waals surface area contributed by atoms with Crippen molar-refractivity contribution in [3.05, 3.63) is 29.8 Å². The number of ether oxygens (including phenoxy) is 2. The Hall–Kier alpha value is -1.75. The molecule has 2 aliphatic heterocycles. The van der Waals surface area contributed by atoms with Crippen LogP contribution in [0.2, 0.25) is 0 Å². The molecule has 2 fully saturated rings. The second-order valence-corrected chi connectivity index (χ2v) is 9.01. The Balaban J connectivity index is 0.00000363. The molecule has 32 heavy (non-hydrogen) atoms. The molecule has 3 rings (SSSR count). The SMILES string of the molecule is CCNC(=NCc1ccc(N2CCOCC2)cc1)N1CCC(NC(=O)OC(C)(C)C)C1.I. The minimum atomic E-state index is -0.490. The smallest absolute Gasteiger partial charge is 0.407 e. The topological polar surface area (TPSA) is 78.4 Å². The van der Waals surface area contributed by atoms with Crippen LogP contribution >= 0.6 is 24.0 Å². The van der Waals surface area contributed by atoms with Gasteiger partial charge >= 0.3 is 6.09 Å². The first-order chi connectivity index (χ1) is 14.8. The standard InChI is InChI=1S/C23H37N5O3.HI/c1-5-24-21(28-11-10-19(17-28)26-22(29)31-23(2,3)4)25-16-18-6-8-20(9-7-18)27-12-14-30-15-13-27;/h6-9,19H,5,10-17H2,1-4H3,(H,24,25)(H,26,29);1H. The van der Waals surface area contributed by atoms with E-state index in [-0.39, 0.29) is 36.1 Å². The van der Waals surface area contributed by atoms with Crippen molar-refractivity contribution in [2.75, 3.05) is 50.8 Å². The number of alkyl carbamates (subject to hydrolysis) is 1. The van der Waals surface area contributed by atoms with Gasteiger partial charge in [-0.2, -0.15) is 0 Å². The average molecular weight is 559 g/mol. The molecule has 8 nitrogen and oxygen atoms in total. The lowest BCUT2D eigenvalue weighted by molar-refractivity contribution is 0.0507. The van der Waals surface area contributed by atoms with Crippen molar-refractivity contribution in [2.45, 2.75) is 52.3 Å². The summed E-state index contributed by atoms with van der Waals surface area (Å²) in [5.74, 6) is 0.883. The number of nitrogens with one attached hydrogen (secondary N) is 2. The molecule has 1 unspecified atom stereocenters. The quantitative estimate of drug-likeness (QED) is 0.328. The Morgan fingerprint density at radius 3 is 2.50 bits per heavy atom. The van der Waals surface area contributed by atoms with Crippen molar-refractivity contribution in [3.8, 4) is 0 Å². The molecule has 0 saturated carbocycles. The van der Waals surface area contributed by atoms with Gasteiger partial charge in [0.15, 0.2) is 5.96 Å². The zero-order chi connectivity index (χ0) is 22.3. The van der Waals surface area contributed by atoms with Gasteiger partial charge in [-0.15, -0.1) is 24.0 Å². The highest BCUT2D eigenvalue weighted by atomic mass is 127. The number of benzene rings is 1. The van der Waals surface area contributed by atoms with Gasteiger partial charge in [0.05, 0.1) is 25.8 Å². The lowest BCUT2D eigenvalue weighted by Crippen LogP contribution is -2.44. The summed E-state index contributed by atoms with van der Waals surface area (Å²) < 4.78 is 10.8. The van der Waals surface area contributed by atoms with Gasteiger partial charge in [0.1, 0.15) is 5.60 Å². The van der Waals surface area contributed by atoms with Gasteiger partial charge < -0.3 is 29.9 Å². The first kappa shape index (κ1) is 26.5. The molecule has 0 bridgehead atoms. The Morgan fingerprint density at radius 2 is 1.88 bits per heavy atom. The van der Waals surface area contributed by atoms with Crippen molar-refractivity contribution in [2.24, 2.45) is 4.99 Å². The van der Waals surface area contributed by atoms with Crippen molar-refractivity contribution in [1.82, 2.24) is 15.5 Å². The van der Waals surface area contributed by atoms with Crippen LogP contribution in [-0.2, 0) is 16.0 Å². The summed E-state index contributed by atoms with van der Waals surface area (Å²) in [6.45, 7) is 14.1. The number of anilines is 1. The van der Waals surface area contributed by atoms with E-state index in [0.29, 0.717) is 6.54 Å². The number of hydrogen-bond acceptors (Lipinski definition) is 5. The van der Waals surface area contributed by atoms with Crippen LogP contribution in [-0.4, -0.2) is 74.5 Å². The van der Waals surface area contributed by atoms with Crippen LogP contribution in [0.25, 0.3) is 0 Å². The molecule has 2 saturated heterocycles. The third-order valence-corrected chi connectivity index (χ3v) is 5.27. The molecule has 1 atom stereocenters. The third kappa shape index (κ3) is 8.31. The number of likely N-dealkylation sites (tertiary alicyclic amines) is 1. The summed E-state index contributed by atoms with van der Waals surface area (Å²) >= 11 is 0. The van der Waals surface area contributed by atoms with Gasteiger partial charge in [-0.25, -0.2) is 9.79 Å². The number of carbonyl (C=O) groups excluding carboxylic acids is 1. The minimum absolute atomic E-state index is 0. The first-order valence-electron chi connectivity index (χ1n) is 11.3. The zero-order valence-corrected chi connectivity index (χ0v) is 22.1. The largest absolute Gasteiger partial charge is 0.444 e. The number of amides is 1. The van der Waals surface area contributed by atoms with E-state index in [2.05, 4.69) is 51.6 Å². The molecular weight excluding hydrogens is 521 g/mol. The number of morpholine rings is 1. The molecule has 1 amide bonds. The maximum Gasteiger partial charge on any atom is 0.407 e. The number of carbonyl (C=O) groups is 1. The molecule has 1 aromatic carbocycles. The summed E-state index contributed by atoms with van der Waals surface area (Å²) in [6.07, 6.45) is 0.513. The number of hydrogen-bond donors (Lipinski definition) is 2. The maximum absolute atomic E-state index is 12.1. The molecule has 180 valence electrons. The van der Waals surface area contributed by atoms with E-state index >= 15 is 0 Å². The van der Waals surface area contributed by atoms with Crippen LogP contribution in [0.3, 0.4) is 0 Å². The molecule has 0 spiro atoms. The summed E-state index contributed by atoms with van der Waals surface area (Å²) in [5, 5.41) is 6.35. The highest BCUT2D eigenvalue weighted by Crippen LogP contribution is 2.18. The van der Waals surface area contributed by atoms with Crippen LogP contribution < -0.4 is 15.5 Å². The highest BCUT2D eigenvalue weighted by molar-refractivity contribution is 14.0. The van der Waals surface area contributed by atoms with E-state index < -0.39 is 5.60 Å². The molecular formula is C23H38IN5O3. The van der Waals surface area contributed by atoms with Crippen molar-refractivity contribution >= 4 is 41.7 Å². The molecule has 0 aromatic heterocycles. The van der Waals surface area contributed by atoms with Crippen LogP contribution in [0.15, 0.2) is 29.3 Å². The molecule has 2 heterocycles. The zero-order valence-electron chi connectivity index (χ0n) is 19.7. The van der Waals surface area contributed by atoms with Gasteiger partial charge in [0.25, 0.3) is 0 Å². The number of guanidine groups is 1. The maximum atomic E-state index is 12.1. The molecule has 0 aliphatic carbocycles. The van der Waals surface area contributed by atoms with Crippen LogP contribution in [0, 0.1) is 0 Å².